The lowest BCUT2D eigenvalue weighted by Crippen LogP contribution is -2.12. The summed E-state index contributed by atoms with van der Waals surface area (Å²) in [6.07, 6.45) is 2.56. The smallest absolute Gasteiger partial charge is 0.221 e. The standard InChI is InChI=1S/C18H22N2O.C16H18N2O.C16H20N2.C14H16N2.C4H8O.CH2Cl2/c1-12-8-6-10-15(19-14(3)21)17(12)18-13(2)9-7-11-16(18)20(4)5;1-10-6-4-8-13(17)15(10)16-11(2)7-5-9-14(16)18-12(3)19;1-11-7-5-9-13(17)15(11)16-12(2)8-6-10-14(16)18(3)4;1-9-5-3-7-11(15)13(9)14-10(2)6-4-8-12(14)16;1-2-4-5-3-1;2-1-3/h6-11H,1-5H3,(H,19,21);4-9H,17H2,1-3H3,(H,18,19);5-10H,17H2,1-4H3;3-8H,15-16H2,1-2H3;1-4H2;1H2. The van der Waals surface area contributed by atoms with Crippen LogP contribution >= 0.6 is 23.2 Å². The Kier molecular flexibility index (Phi) is 26.4. The Balaban J connectivity index is 0.000000225. The van der Waals surface area contributed by atoms with Gasteiger partial charge in [-0.15, -0.1) is 23.2 Å². The zero-order valence-corrected chi connectivity index (χ0v) is 52.1. The Morgan fingerprint density at radius 1 is 0.390 bits per heavy atom. The zero-order valence-electron chi connectivity index (χ0n) is 50.6. The number of ether oxygens (including phenoxy) is 1. The highest BCUT2D eigenvalue weighted by Gasteiger charge is 2.18. The van der Waals surface area contributed by atoms with E-state index in [1.54, 1.807) is 0 Å². The van der Waals surface area contributed by atoms with Gasteiger partial charge in [0.15, 0.2) is 0 Å². The molecule has 1 saturated heterocycles. The molecule has 0 saturated carbocycles. The van der Waals surface area contributed by atoms with E-state index in [1.807, 2.05) is 113 Å². The second-order valence-electron chi connectivity index (χ2n) is 20.7. The number of anilines is 8. The van der Waals surface area contributed by atoms with Crippen LogP contribution in [-0.4, -0.2) is 58.6 Å². The van der Waals surface area contributed by atoms with E-state index in [4.69, 9.17) is 50.9 Å². The number of nitrogens with one attached hydrogen (secondary N) is 2. The van der Waals surface area contributed by atoms with Crippen LogP contribution in [0.15, 0.2) is 146 Å². The number of alkyl halides is 2. The van der Waals surface area contributed by atoms with Crippen molar-refractivity contribution in [2.75, 3.05) is 90.1 Å². The number of rotatable bonds is 8. The Morgan fingerprint density at radius 2 is 0.610 bits per heavy atom. The van der Waals surface area contributed by atoms with Gasteiger partial charge in [0, 0.05) is 145 Å². The molecule has 0 aliphatic carbocycles. The fourth-order valence-electron chi connectivity index (χ4n) is 9.93. The first-order chi connectivity index (χ1) is 39.0. The fraction of sp³-hybridized carbons (Fsp3) is 0.275. The summed E-state index contributed by atoms with van der Waals surface area (Å²) in [5, 5.41) is 6.02. The van der Waals surface area contributed by atoms with E-state index in [1.165, 1.54) is 60.2 Å². The van der Waals surface area contributed by atoms with Gasteiger partial charge in [0.25, 0.3) is 0 Å². The van der Waals surface area contributed by atoms with Gasteiger partial charge in [0.05, 0.1) is 5.34 Å². The molecule has 2 amide bonds. The number of hydrogen-bond donors (Lipinski definition) is 6. The van der Waals surface area contributed by atoms with Crippen molar-refractivity contribution in [2.24, 2.45) is 0 Å². The number of nitrogen functional groups attached to an aromatic ring is 4. The highest BCUT2D eigenvalue weighted by molar-refractivity contribution is 6.40. The van der Waals surface area contributed by atoms with Crippen LogP contribution in [0.1, 0.15) is 71.2 Å². The summed E-state index contributed by atoms with van der Waals surface area (Å²) in [6.45, 7) is 21.6. The van der Waals surface area contributed by atoms with Crippen LogP contribution in [0.2, 0.25) is 0 Å². The average molecular weight is 1150 g/mol. The molecule has 0 unspecified atom stereocenters. The molecule has 1 aliphatic heterocycles. The quantitative estimate of drug-likeness (QED) is 0.0638. The first-order valence-corrected chi connectivity index (χ1v) is 28.4. The molecule has 0 bridgehead atoms. The molecule has 0 spiro atoms. The molecule has 1 aliphatic rings. The third-order valence-corrected chi connectivity index (χ3v) is 13.7. The van der Waals surface area contributed by atoms with Gasteiger partial charge in [0.1, 0.15) is 0 Å². The summed E-state index contributed by atoms with van der Waals surface area (Å²) in [6, 6.07) is 48.2. The van der Waals surface area contributed by atoms with E-state index in [9.17, 15) is 9.59 Å². The van der Waals surface area contributed by atoms with Crippen LogP contribution < -0.4 is 43.4 Å². The molecule has 82 heavy (non-hydrogen) atoms. The molecule has 8 aromatic carbocycles. The summed E-state index contributed by atoms with van der Waals surface area (Å²) < 4.78 is 4.94. The molecule has 434 valence electrons. The largest absolute Gasteiger partial charge is 0.398 e. The molecule has 11 nitrogen and oxygen atoms in total. The summed E-state index contributed by atoms with van der Waals surface area (Å²) in [5.74, 6) is -0.138. The van der Waals surface area contributed by atoms with E-state index < -0.39 is 0 Å². The first-order valence-electron chi connectivity index (χ1n) is 27.4. The summed E-state index contributed by atoms with van der Waals surface area (Å²) in [7, 11) is 8.20. The van der Waals surface area contributed by atoms with Crippen molar-refractivity contribution in [1.29, 1.82) is 0 Å². The monoisotopic (exact) mass is 1140 g/mol. The number of aryl methyl sites for hydroxylation is 8. The number of amides is 2. The van der Waals surface area contributed by atoms with E-state index >= 15 is 0 Å². The number of carbonyl (C=O) groups excluding carboxylic acids is 2. The zero-order chi connectivity index (χ0) is 60.8. The highest BCUT2D eigenvalue weighted by atomic mass is 35.5. The fourth-order valence-corrected chi connectivity index (χ4v) is 9.93. The van der Waals surface area contributed by atoms with Gasteiger partial charge in [-0.2, -0.15) is 0 Å². The minimum Gasteiger partial charge on any atom is -0.398 e. The number of carbonyl (C=O) groups is 2. The van der Waals surface area contributed by atoms with E-state index in [0.29, 0.717) is 0 Å². The number of nitrogens with zero attached hydrogens (tertiary/aromatic N) is 2. The van der Waals surface area contributed by atoms with Crippen LogP contribution in [0, 0.1) is 55.4 Å². The lowest BCUT2D eigenvalue weighted by atomic mass is 9.93. The van der Waals surface area contributed by atoms with Crippen molar-refractivity contribution in [1.82, 2.24) is 0 Å². The van der Waals surface area contributed by atoms with E-state index in [0.717, 1.165) is 114 Å². The predicted octanol–water partition coefficient (Wildman–Crippen LogP) is 16.5. The molecule has 13 heteroatoms. The molecule has 0 atom stereocenters. The third-order valence-electron chi connectivity index (χ3n) is 13.7. The van der Waals surface area contributed by atoms with Crippen molar-refractivity contribution in [3.63, 3.8) is 0 Å². The lowest BCUT2D eigenvalue weighted by Gasteiger charge is -2.22. The van der Waals surface area contributed by atoms with Gasteiger partial charge in [-0.25, -0.2) is 0 Å². The Hall–Kier alpha value is -7.96. The maximum absolute atomic E-state index is 11.5. The van der Waals surface area contributed by atoms with Gasteiger partial charge in [-0.3, -0.25) is 9.59 Å². The van der Waals surface area contributed by atoms with Gasteiger partial charge in [-0.1, -0.05) is 97.1 Å². The van der Waals surface area contributed by atoms with Crippen molar-refractivity contribution < 1.29 is 14.3 Å². The molecule has 8 aromatic rings. The average Bonchev–Trinajstić information content (AvgIpc) is 4.02. The van der Waals surface area contributed by atoms with Gasteiger partial charge < -0.3 is 48.1 Å². The normalized spacial score (nSPS) is 11.0. The molecule has 1 heterocycles. The first kappa shape index (κ1) is 66.6. The summed E-state index contributed by atoms with van der Waals surface area (Å²) in [5.41, 5.74) is 49.5. The number of hydrogen-bond acceptors (Lipinski definition) is 9. The SMILES string of the molecule is C1CCOC1.CC(=O)Nc1cccc(C)c1-c1c(C)cccc1N.CC(=O)Nc1cccc(C)c1-c1c(C)cccc1N(C)C.Cc1cccc(N)c1-c1c(C)cccc1N.Cc1cccc(N)c1-c1c(C)cccc1N(C)C.ClCCl. The number of benzene rings is 8. The summed E-state index contributed by atoms with van der Waals surface area (Å²) >= 11 is 9.53. The third kappa shape index (κ3) is 18.3. The Morgan fingerprint density at radius 3 is 0.866 bits per heavy atom. The van der Waals surface area contributed by atoms with Crippen molar-refractivity contribution >= 4 is 80.5 Å². The van der Waals surface area contributed by atoms with Gasteiger partial charge in [-0.05, 0) is 161 Å². The van der Waals surface area contributed by atoms with E-state index in [-0.39, 0.29) is 17.2 Å². The van der Waals surface area contributed by atoms with Crippen LogP contribution in [0.25, 0.3) is 44.5 Å². The van der Waals surface area contributed by atoms with Crippen LogP contribution in [0.4, 0.5) is 45.5 Å². The van der Waals surface area contributed by atoms with Crippen molar-refractivity contribution in [3.8, 4) is 44.5 Å². The van der Waals surface area contributed by atoms with Crippen molar-refractivity contribution in [2.45, 2.75) is 82.1 Å². The second-order valence-corrected chi connectivity index (χ2v) is 21.5. The van der Waals surface area contributed by atoms with Crippen LogP contribution in [0.5, 0.6) is 0 Å². The second kappa shape index (κ2) is 32.5. The molecule has 0 aromatic heterocycles. The topological polar surface area (TPSA) is 178 Å². The molecule has 9 rings (SSSR count). The minimum absolute atomic E-state index is 0.0539. The Labute approximate surface area is 499 Å². The summed E-state index contributed by atoms with van der Waals surface area (Å²) in [4.78, 5) is 27.1. The van der Waals surface area contributed by atoms with Gasteiger partial charge >= 0.3 is 0 Å². The molecular weight excluding hydrogens is 1060 g/mol. The maximum atomic E-state index is 11.5. The van der Waals surface area contributed by atoms with Crippen molar-refractivity contribution in [3.05, 3.63) is 190 Å². The molecule has 0 radical (unpaired) electrons. The predicted molar refractivity (Wildman–Crippen MR) is 357 cm³/mol. The maximum Gasteiger partial charge on any atom is 0.221 e. The number of halogens is 2. The Bertz CT molecular complexity index is 3270. The number of nitrogens with two attached hydrogens (primary N) is 4. The minimum atomic E-state index is -0.0843. The highest BCUT2D eigenvalue weighted by Crippen LogP contribution is 2.42. The van der Waals surface area contributed by atoms with Gasteiger partial charge in [0.2, 0.25) is 11.8 Å². The molecule has 10 N–H and O–H groups in total. The lowest BCUT2D eigenvalue weighted by molar-refractivity contribution is -0.115. The van der Waals surface area contributed by atoms with Crippen LogP contribution in [0.3, 0.4) is 0 Å². The van der Waals surface area contributed by atoms with E-state index in [2.05, 4.69) is 137 Å². The van der Waals surface area contributed by atoms with Crippen LogP contribution in [-0.2, 0) is 14.3 Å². The molecule has 1 fully saturated rings. The molecular formula is C69H86Cl2N8O3.